The Hall–Kier alpha value is -2.23. The molecule has 1 heterocycles. The second-order valence-corrected chi connectivity index (χ2v) is 3.62. The third kappa shape index (κ3) is 2.87. The number of pyridine rings is 1. The van der Waals surface area contributed by atoms with Gasteiger partial charge in [0.15, 0.2) is 5.78 Å². The number of hydrogen-bond acceptors (Lipinski definition) is 3. The zero-order valence-corrected chi connectivity index (χ0v) is 9.27. The van der Waals surface area contributed by atoms with E-state index in [0.717, 1.165) is 0 Å². The molecule has 86 valence electrons. The molecule has 1 aromatic heterocycles. The van der Waals surface area contributed by atoms with Gasteiger partial charge in [0.25, 0.3) is 0 Å². The van der Waals surface area contributed by atoms with Crippen LogP contribution >= 0.6 is 0 Å². The molecule has 1 N–H and O–H groups in total. The highest BCUT2D eigenvalue weighted by molar-refractivity contribution is 5.95. The van der Waals surface area contributed by atoms with E-state index in [2.05, 4.69) is 10.3 Å². The molecule has 0 saturated heterocycles. The van der Waals surface area contributed by atoms with Gasteiger partial charge in [-0.2, -0.15) is 0 Å². The van der Waals surface area contributed by atoms with Gasteiger partial charge in [-0.1, -0.05) is 6.07 Å². The van der Waals surface area contributed by atoms with Crippen molar-refractivity contribution in [3.8, 4) is 0 Å². The summed E-state index contributed by atoms with van der Waals surface area (Å²) < 4.78 is 13.3. The molecule has 0 radical (unpaired) electrons. The SMILES string of the molecule is CC(=O)c1cc(F)cc(Nc2ccccn2)c1. The monoisotopic (exact) mass is 230 g/mol. The molecule has 2 rings (SSSR count). The number of ketones is 1. The summed E-state index contributed by atoms with van der Waals surface area (Å²) in [7, 11) is 0. The van der Waals surface area contributed by atoms with Gasteiger partial charge >= 0.3 is 0 Å². The molecule has 0 saturated carbocycles. The lowest BCUT2D eigenvalue weighted by Crippen LogP contribution is -1.98. The Morgan fingerprint density at radius 3 is 2.76 bits per heavy atom. The predicted octanol–water partition coefficient (Wildman–Crippen LogP) is 3.17. The van der Waals surface area contributed by atoms with Crippen LogP contribution in [0, 0.1) is 5.82 Å². The first-order chi connectivity index (χ1) is 8.15. The second-order valence-electron chi connectivity index (χ2n) is 3.62. The van der Waals surface area contributed by atoms with Gasteiger partial charge in [-0.25, -0.2) is 9.37 Å². The first kappa shape index (κ1) is 11.3. The van der Waals surface area contributed by atoms with Crippen molar-refractivity contribution in [2.45, 2.75) is 6.92 Å². The number of rotatable bonds is 3. The van der Waals surface area contributed by atoms with E-state index in [1.54, 1.807) is 24.4 Å². The molecule has 2 aromatic rings. The van der Waals surface area contributed by atoms with Crippen LogP contribution in [0.5, 0.6) is 0 Å². The molecule has 0 unspecified atom stereocenters. The third-order valence-electron chi connectivity index (χ3n) is 2.24. The summed E-state index contributed by atoms with van der Waals surface area (Å²) in [5.41, 5.74) is 0.845. The number of aromatic nitrogens is 1. The number of carbonyl (C=O) groups excluding carboxylic acids is 1. The highest BCUT2D eigenvalue weighted by atomic mass is 19.1. The number of Topliss-reactive ketones (excluding diaryl/α,β-unsaturated/α-hetero) is 1. The van der Waals surface area contributed by atoms with Gasteiger partial charge < -0.3 is 5.32 Å². The Balaban J connectivity index is 2.30. The fourth-order valence-electron chi connectivity index (χ4n) is 1.45. The number of hydrogen-bond donors (Lipinski definition) is 1. The summed E-state index contributed by atoms with van der Waals surface area (Å²) in [6, 6.07) is 9.50. The maximum absolute atomic E-state index is 13.3. The molecule has 4 heteroatoms. The van der Waals surface area contributed by atoms with Gasteiger partial charge in [0.05, 0.1) is 0 Å². The number of nitrogens with one attached hydrogen (secondary N) is 1. The molecular formula is C13H11FN2O. The molecule has 0 amide bonds. The molecule has 0 aliphatic rings. The smallest absolute Gasteiger partial charge is 0.159 e. The summed E-state index contributed by atoms with van der Waals surface area (Å²) >= 11 is 0. The van der Waals surface area contributed by atoms with Crippen molar-refractivity contribution in [1.82, 2.24) is 4.98 Å². The van der Waals surface area contributed by atoms with Crippen LogP contribution in [-0.2, 0) is 0 Å². The topological polar surface area (TPSA) is 42.0 Å². The van der Waals surface area contributed by atoms with Crippen molar-refractivity contribution in [1.29, 1.82) is 0 Å². The maximum Gasteiger partial charge on any atom is 0.159 e. The normalized spacial score (nSPS) is 10.0. The van der Waals surface area contributed by atoms with E-state index in [-0.39, 0.29) is 5.78 Å². The molecule has 3 nitrogen and oxygen atoms in total. The molecule has 0 bridgehead atoms. The lowest BCUT2D eigenvalue weighted by atomic mass is 10.1. The minimum Gasteiger partial charge on any atom is -0.340 e. The van der Waals surface area contributed by atoms with Crippen LogP contribution < -0.4 is 5.32 Å². The first-order valence-electron chi connectivity index (χ1n) is 5.15. The zero-order valence-electron chi connectivity index (χ0n) is 9.27. The number of benzene rings is 1. The van der Waals surface area contributed by atoms with Gasteiger partial charge in [-0.3, -0.25) is 4.79 Å². The summed E-state index contributed by atoms with van der Waals surface area (Å²) in [5, 5.41) is 2.94. The van der Waals surface area contributed by atoms with Crippen molar-refractivity contribution >= 4 is 17.3 Å². The Bertz CT molecular complexity index is 540. The fraction of sp³-hybridized carbons (Fsp3) is 0.0769. The lowest BCUT2D eigenvalue weighted by molar-refractivity contribution is 0.101. The zero-order chi connectivity index (χ0) is 12.3. The quantitative estimate of drug-likeness (QED) is 0.823. The highest BCUT2D eigenvalue weighted by Gasteiger charge is 2.05. The van der Waals surface area contributed by atoms with Crippen LogP contribution in [0.3, 0.4) is 0 Å². The van der Waals surface area contributed by atoms with Crippen LogP contribution in [-0.4, -0.2) is 10.8 Å². The number of carbonyl (C=O) groups is 1. The predicted molar refractivity (Wildman–Crippen MR) is 63.9 cm³/mol. The lowest BCUT2D eigenvalue weighted by Gasteiger charge is -2.06. The number of halogens is 1. The minimum absolute atomic E-state index is 0.173. The van der Waals surface area contributed by atoms with Crippen LogP contribution in [0.2, 0.25) is 0 Å². The van der Waals surface area contributed by atoms with E-state index in [0.29, 0.717) is 17.1 Å². The van der Waals surface area contributed by atoms with Crippen LogP contribution in [0.1, 0.15) is 17.3 Å². The van der Waals surface area contributed by atoms with Crippen LogP contribution in [0.4, 0.5) is 15.9 Å². The first-order valence-corrected chi connectivity index (χ1v) is 5.15. The molecule has 17 heavy (non-hydrogen) atoms. The van der Waals surface area contributed by atoms with Crippen molar-refractivity contribution in [3.05, 3.63) is 54.0 Å². The maximum atomic E-state index is 13.3. The molecule has 1 aromatic carbocycles. The average Bonchev–Trinajstić information content (AvgIpc) is 2.29. The van der Waals surface area contributed by atoms with Crippen molar-refractivity contribution in [2.75, 3.05) is 5.32 Å². The number of nitrogens with zero attached hydrogens (tertiary/aromatic N) is 1. The van der Waals surface area contributed by atoms with Gasteiger partial charge in [-0.05, 0) is 37.3 Å². The second kappa shape index (κ2) is 4.74. The number of anilines is 2. The average molecular weight is 230 g/mol. The van der Waals surface area contributed by atoms with Gasteiger partial charge in [0, 0.05) is 17.4 Å². The van der Waals surface area contributed by atoms with E-state index in [9.17, 15) is 9.18 Å². The summed E-state index contributed by atoms with van der Waals surface area (Å²) in [5.74, 6) is -0.0164. The fourth-order valence-corrected chi connectivity index (χ4v) is 1.45. The minimum atomic E-state index is -0.448. The van der Waals surface area contributed by atoms with Crippen molar-refractivity contribution < 1.29 is 9.18 Å². The molecule has 0 aliphatic heterocycles. The van der Waals surface area contributed by atoms with Crippen LogP contribution in [0.25, 0.3) is 0 Å². The Morgan fingerprint density at radius 1 is 1.29 bits per heavy atom. The standard InChI is InChI=1S/C13H11FN2O/c1-9(17)10-6-11(14)8-12(7-10)16-13-4-2-3-5-15-13/h2-8H,1H3,(H,15,16). The van der Waals surface area contributed by atoms with E-state index >= 15 is 0 Å². The molecule has 0 atom stereocenters. The highest BCUT2D eigenvalue weighted by Crippen LogP contribution is 2.18. The van der Waals surface area contributed by atoms with Crippen LogP contribution in [0.15, 0.2) is 42.6 Å². The Morgan fingerprint density at radius 2 is 2.12 bits per heavy atom. The largest absolute Gasteiger partial charge is 0.340 e. The van der Waals surface area contributed by atoms with E-state index in [1.165, 1.54) is 19.1 Å². The molecule has 0 aliphatic carbocycles. The van der Waals surface area contributed by atoms with Crippen molar-refractivity contribution in [3.63, 3.8) is 0 Å². The summed E-state index contributed by atoms with van der Waals surface area (Å²) in [6.07, 6.45) is 1.63. The third-order valence-corrected chi connectivity index (χ3v) is 2.24. The van der Waals surface area contributed by atoms with E-state index in [4.69, 9.17) is 0 Å². The van der Waals surface area contributed by atoms with Gasteiger partial charge in [-0.15, -0.1) is 0 Å². The van der Waals surface area contributed by atoms with Gasteiger partial charge in [0.1, 0.15) is 11.6 Å². The molecule has 0 spiro atoms. The molecular weight excluding hydrogens is 219 g/mol. The Labute approximate surface area is 98.3 Å². The van der Waals surface area contributed by atoms with E-state index in [1.807, 2.05) is 6.07 Å². The van der Waals surface area contributed by atoms with Crippen molar-refractivity contribution in [2.24, 2.45) is 0 Å². The van der Waals surface area contributed by atoms with E-state index < -0.39 is 5.82 Å². The summed E-state index contributed by atoms with van der Waals surface area (Å²) in [6.45, 7) is 1.40. The Kier molecular flexibility index (Phi) is 3.14. The van der Waals surface area contributed by atoms with Gasteiger partial charge in [0.2, 0.25) is 0 Å². The summed E-state index contributed by atoms with van der Waals surface area (Å²) in [4.78, 5) is 15.3. The molecule has 0 fully saturated rings.